The van der Waals surface area contributed by atoms with Crippen molar-refractivity contribution in [1.82, 2.24) is 9.55 Å². The van der Waals surface area contributed by atoms with Crippen LogP contribution in [0.15, 0.2) is 35.3 Å². The second kappa shape index (κ2) is 8.02. The fourth-order valence-electron chi connectivity index (χ4n) is 3.64. The van der Waals surface area contributed by atoms with Crippen LogP contribution in [0.25, 0.3) is 11.0 Å². The van der Waals surface area contributed by atoms with Gasteiger partial charge in [-0.15, -0.1) is 0 Å². The number of pyridine rings is 2. The minimum absolute atomic E-state index is 0.0205. The second-order valence-electron chi connectivity index (χ2n) is 7.02. The first-order chi connectivity index (χ1) is 14.4. The third-order valence-corrected chi connectivity index (χ3v) is 5.06. The van der Waals surface area contributed by atoms with Gasteiger partial charge in [0.2, 0.25) is 0 Å². The van der Waals surface area contributed by atoms with Crippen molar-refractivity contribution in [1.29, 1.82) is 0 Å². The molecule has 0 aliphatic carbocycles. The van der Waals surface area contributed by atoms with Gasteiger partial charge in [0.25, 0.3) is 5.56 Å². The van der Waals surface area contributed by atoms with Gasteiger partial charge in [0.15, 0.2) is 17.8 Å². The van der Waals surface area contributed by atoms with E-state index in [-0.39, 0.29) is 42.2 Å². The predicted molar refractivity (Wildman–Crippen MR) is 105 cm³/mol. The Morgan fingerprint density at radius 2 is 2.10 bits per heavy atom. The molecule has 9 heteroatoms. The molecule has 1 aliphatic rings. The number of halogens is 1. The molecule has 0 fully saturated rings. The Labute approximate surface area is 170 Å². The molecule has 3 N–H and O–H groups in total. The van der Waals surface area contributed by atoms with E-state index in [1.54, 1.807) is 19.1 Å². The average Bonchev–Trinajstić information content (AvgIpc) is 2.74. The molecule has 30 heavy (non-hydrogen) atoms. The molecule has 0 bridgehead atoms. The van der Waals surface area contributed by atoms with Gasteiger partial charge in [0.05, 0.1) is 13.2 Å². The summed E-state index contributed by atoms with van der Waals surface area (Å²) in [6, 6.07) is 5.95. The highest BCUT2D eigenvalue weighted by atomic mass is 19.1. The van der Waals surface area contributed by atoms with E-state index in [9.17, 15) is 24.5 Å². The van der Waals surface area contributed by atoms with Crippen molar-refractivity contribution in [2.24, 2.45) is 0 Å². The summed E-state index contributed by atoms with van der Waals surface area (Å²) in [7, 11) is 0. The lowest BCUT2D eigenvalue weighted by atomic mass is 10.0. The van der Waals surface area contributed by atoms with Crippen LogP contribution in [0.5, 0.6) is 11.5 Å². The minimum Gasteiger partial charge on any atom is -0.505 e. The minimum atomic E-state index is -1.62. The van der Waals surface area contributed by atoms with Gasteiger partial charge in [-0.25, -0.2) is 4.39 Å². The van der Waals surface area contributed by atoms with E-state index in [2.05, 4.69) is 4.98 Å². The number of hydrogen-bond donors (Lipinski definition) is 3. The summed E-state index contributed by atoms with van der Waals surface area (Å²) in [4.78, 5) is 17.4. The predicted octanol–water partition coefficient (Wildman–Crippen LogP) is 1.61. The van der Waals surface area contributed by atoms with Gasteiger partial charge in [0.1, 0.15) is 28.5 Å². The monoisotopic (exact) mass is 416 g/mol. The van der Waals surface area contributed by atoms with Crippen molar-refractivity contribution in [3.63, 3.8) is 0 Å². The van der Waals surface area contributed by atoms with Crippen LogP contribution in [-0.4, -0.2) is 44.2 Å². The van der Waals surface area contributed by atoms with Crippen LogP contribution in [-0.2, 0) is 17.7 Å². The maximum Gasteiger partial charge on any atom is 0.263 e. The van der Waals surface area contributed by atoms with E-state index < -0.39 is 23.7 Å². The lowest BCUT2D eigenvalue weighted by Crippen LogP contribution is -2.38. The van der Waals surface area contributed by atoms with Crippen LogP contribution in [0.3, 0.4) is 0 Å². The Morgan fingerprint density at radius 3 is 2.77 bits per heavy atom. The Bertz CT molecular complexity index is 1150. The Kier molecular flexibility index (Phi) is 5.42. The van der Waals surface area contributed by atoms with E-state index in [1.807, 2.05) is 0 Å². The highest BCUT2D eigenvalue weighted by Gasteiger charge is 2.31. The fourth-order valence-corrected chi connectivity index (χ4v) is 3.64. The Hall–Kier alpha value is -3.01. The molecule has 0 amide bonds. The molecular formula is C21H21FN2O6. The number of benzene rings is 1. The Morgan fingerprint density at radius 1 is 1.37 bits per heavy atom. The number of aliphatic hydroxyl groups is 2. The van der Waals surface area contributed by atoms with Gasteiger partial charge in [-0.1, -0.05) is 12.1 Å². The van der Waals surface area contributed by atoms with Gasteiger partial charge in [-0.3, -0.25) is 14.3 Å². The summed E-state index contributed by atoms with van der Waals surface area (Å²) in [5.74, 6) is -0.528. The first-order valence-corrected chi connectivity index (χ1v) is 9.53. The highest BCUT2D eigenvalue weighted by molar-refractivity contribution is 5.89. The largest absolute Gasteiger partial charge is 0.505 e. The number of aromatic hydroxyl groups is 1. The standard InChI is InChI=1S/C21H21FN2O6/c1-2-29-21(28)15-18(26)16-17-19(30-14(10-25)9-24(17)20(15)27)12(8-23-16)7-11-3-5-13(22)6-4-11/h3-6,8,14,21,25-26,28H,2,7,9-10H2,1H3. The molecule has 0 radical (unpaired) electrons. The third-order valence-electron chi connectivity index (χ3n) is 5.06. The van der Waals surface area contributed by atoms with E-state index in [0.29, 0.717) is 17.7 Å². The zero-order chi connectivity index (χ0) is 21.4. The molecule has 0 spiro atoms. The van der Waals surface area contributed by atoms with Gasteiger partial charge < -0.3 is 24.8 Å². The maximum absolute atomic E-state index is 13.2. The van der Waals surface area contributed by atoms with Crippen molar-refractivity contribution in [3.05, 3.63) is 63.3 Å². The van der Waals surface area contributed by atoms with Gasteiger partial charge in [-0.2, -0.15) is 0 Å². The number of nitrogens with zero attached hydrogens (tertiary/aromatic N) is 2. The molecule has 1 aliphatic heterocycles. The zero-order valence-electron chi connectivity index (χ0n) is 16.2. The highest BCUT2D eigenvalue weighted by Crippen LogP contribution is 2.38. The quantitative estimate of drug-likeness (QED) is 0.523. The number of ether oxygens (including phenoxy) is 2. The summed E-state index contributed by atoms with van der Waals surface area (Å²) in [5.41, 5.74) is 0.798. The zero-order valence-corrected chi connectivity index (χ0v) is 16.2. The molecule has 8 nitrogen and oxygen atoms in total. The summed E-state index contributed by atoms with van der Waals surface area (Å²) in [5, 5.41) is 30.5. The number of aliphatic hydroxyl groups excluding tert-OH is 2. The van der Waals surface area contributed by atoms with Crippen molar-refractivity contribution >= 4 is 11.0 Å². The van der Waals surface area contributed by atoms with Crippen LogP contribution in [0.2, 0.25) is 0 Å². The first kappa shape index (κ1) is 20.3. The van der Waals surface area contributed by atoms with Gasteiger partial charge in [-0.05, 0) is 24.6 Å². The first-order valence-electron chi connectivity index (χ1n) is 9.53. The van der Waals surface area contributed by atoms with E-state index in [4.69, 9.17) is 9.47 Å². The fraction of sp³-hybridized carbons (Fsp3) is 0.333. The lowest BCUT2D eigenvalue weighted by Gasteiger charge is -2.29. The lowest BCUT2D eigenvalue weighted by molar-refractivity contribution is -0.1000. The molecule has 4 rings (SSSR count). The van der Waals surface area contributed by atoms with E-state index >= 15 is 0 Å². The van der Waals surface area contributed by atoms with Crippen molar-refractivity contribution in [2.75, 3.05) is 13.2 Å². The molecule has 0 saturated carbocycles. The topological polar surface area (TPSA) is 114 Å². The SMILES string of the molecule is CCOC(O)c1c(O)c2ncc(Cc3ccc(F)cc3)c3c2n(c1=O)CC(CO)O3. The molecule has 3 heterocycles. The summed E-state index contributed by atoms with van der Waals surface area (Å²) in [6.45, 7) is 1.47. The average molecular weight is 416 g/mol. The van der Waals surface area contributed by atoms with E-state index in [1.165, 1.54) is 22.9 Å². The molecule has 2 aromatic heterocycles. The molecule has 158 valence electrons. The van der Waals surface area contributed by atoms with Crippen LogP contribution in [0.4, 0.5) is 4.39 Å². The maximum atomic E-state index is 13.2. The smallest absolute Gasteiger partial charge is 0.263 e. The summed E-state index contributed by atoms with van der Waals surface area (Å²) >= 11 is 0. The van der Waals surface area contributed by atoms with Gasteiger partial charge >= 0.3 is 0 Å². The van der Waals surface area contributed by atoms with Crippen LogP contribution in [0.1, 0.15) is 29.9 Å². The second-order valence-corrected chi connectivity index (χ2v) is 7.02. The van der Waals surface area contributed by atoms with Crippen molar-refractivity contribution in [2.45, 2.75) is 32.3 Å². The third kappa shape index (κ3) is 3.41. The van der Waals surface area contributed by atoms with Gasteiger partial charge in [0, 0.05) is 24.8 Å². The molecule has 1 aromatic carbocycles. The van der Waals surface area contributed by atoms with Crippen molar-refractivity contribution in [3.8, 4) is 11.5 Å². The summed E-state index contributed by atoms with van der Waals surface area (Å²) in [6.07, 6.45) is -0.481. The van der Waals surface area contributed by atoms with Crippen LogP contribution >= 0.6 is 0 Å². The number of aromatic nitrogens is 2. The molecule has 2 atom stereocenters. The number of rotatable bonds is 6. The normalized spacial score (nSPS) is 16.5. The van der Waals surface area contributed by atoms with E-state index in [0.717, 1.165) is 5.56 Å². The molecular weight excluding hydrogens is 395 g/mol. The summed E-state index contributed by atoms with van der Waals surface area (Å²) < 4.78 is 25.6. The molecule has 2 unspecified atom stereocenters. The molecule has 0 saturated heterocycles. The molecule has 3 aromatic rings. The Balaban J connectivity index is 1.93. The number of hydrogen-bond acceptors (Lipinski definition) is 7. The van der Waals surface area contributed by atoms with Crippen LogP contribution < -0.4 is 10.3 Å². The van der Waals surface area contributed by atoms with Crippen molar-refractivity contribution < 1.29 is 29.2 Å². The van der Waals surface area contributed by atoms with Crippen LogP contribution in [0, 0.1) is 5.82 Å².